The molecular formula is C28H24BrF3N2O3. The minimum absolute atomic E-state index is 0.0495. The molecule has 0 aliphatic carbocycles. The molecule has 37 heavy (non-hydrogen) atoms. The van der Waals surface area contributed by atoms with Gasteiger partial charge >= 0.3 is 12.2 Å². The second-order valence-corrected chi connectivity index (χ2v) is 9.75. The quantitative estimate of drug-likeness (QED) is 0.369. The molecule has 5 nitrogen and oxygen atoms in total. The molecule has 3 amide bonds. The number of hydrogen-bond acceptors (Lipinski definition) is 3. The number of rotatable bonds is 4. The second-order valence-electron chi connectivity index (χ2n) is 8.84. The predicted octanol–water partition coefficient (Wildman–Crippen LogP) is 6.61. The van der Waals surface area contributed by atoms with Crippen molar-refractivity contribution in [3.05, 3.63) is 100 Å². The molecule has 4 rings (SSSR count). The first kappa shape index (κ1) is 26.6. The van der Waals surface area contributed by atoms with Crippen LogP contribution in [0, 0.1) is 0 Å². The fourth-order valence-electron chi connectivity index (χ4n) is 4.47. The minimum Gasteiger partial charge on any atom is -0.385 e. The van der Waals surface area contributed by atoms with Crippen molar-refractivity contribution in [2.24, 2.45) is 0 Å². The molecule has 0 spiro atoms. The van der Waals surface area contributed by atoms with E-state index >= 15 is 0 Å². The van der Waals surface area contributed by atoms with E-state index in [0.29, 0.717) is 5.56 Å². The van der Waals surface area contributed by atoms with Gasteiger partial charge in [-0.2, -0.15) is 13.2 Å². The molecule has 1 fully saturated rings. The van der Waals surface area contributed by atoms with Crippen molar-refractivity contribution in [2.75, 3.05) is 13.1 Å². The number of likely N-dealkylation sites (tertiary alicyclic amines) is 1. The monoisotopic (exact) mass is 572 g/mol. The van der Waals surface area contributed by atoms with Crippen molar-refractivity contribution in [1.82, 2.24) is 10.2 Å². The molecule has 9 heteroatoms. The Morgan fingerprint density at radius 1 is 1.03 bits per heavy atom. The average molecular weight is 573 g/mol. The Bertz CT molecular complexity index is 1330. The summed E-state index contributed by atoms with van der Waals surface area (Å²) in [5, 5.41) is 13.4. The van der Waals surface area contributed by atoms with Gasteiger partial charge in [0.05, 0.1) is 11.2 Å². The lowest BCUT2D eigenvalue weighted by atomic mass is 9.84. The van der Waals surface area contributed by atoms with Gasteiger partial charge in [-0.15, -0.1) is 0 Å². The molecule has 1 saturated heterocycles. The first-order valence-corrected chi connectivity index (χ1v) is 12.3. The highest BCUT2D eigenvalue weighted by molar-refractivity contribution is 9.10. The van der Waals surface area contributed by atoms with Crippen molar-refractivity contribution >= 4 is 33.9 Å². The summed E-state index contributed by atoms with van der Waals surface area (Å²) in [5.74, 6) is -0.741. The van der Waals surface area contributed by atoms with E-state index in [1.807, 2.05) is 24.3 Å². The Morgan fingerprint density at radius 3 is 2.30 bits per heavy atom. The summed E-state index contributed by atoms with van der Waals surface area (Å²) in [6, 6.07) is 16.0. The summed E-state index contributed by atoms with van der Waals surface area (Å²) < 4.78 is 40.8. The van der Waals surface area contributed by atoms with E-state index in [2.05, 4.69) is 27.8 Å². The zero-order valence-corrected chi connectivity index (χ0v) is 21.3. The van der Waals surface area contributed by atoms with Crippen LogP contribution in [0.2, 0.25) is 0 Å². The molecule has 0 saturated carbocycles. The van der Waals surface area contributed by atoms with Crippen molar-refractivity contribution in [3.63, 3.8) is 0 Å². The largest absolute Gasteiger partial charge is 0.416 e. The van der Waals surface area contributed by atoms with Gasteiger partial charge in [-0.25, -0.2) is 4.79 Å². The maximum Gasteiger partial charge on any atom is 0.416 e. The van der Waals surface area contributed by atoms with E-state index in [0.717, 1.165) is 22.2 Å². The smallest absolute Gasteiger partial charge is 0.385 e. The number of amides is 3. The number of piperidine rings is 1. The predicted molar refractivity (Wildman–Crippen MR) is 139 cm³/mol. The molecule has 0 radical (unpaired) electrons. The van der Waals surface area contributed by atoms with Gasteiger partial charge < -0.3 is 10.0 Å². The van der Waals surface area contributed by atoms with E-state index in [9.17, 15) is 27.9 Å². The average Bonchev–Trinajstić information content (AvgIpc) is 2.88. The Morgan fingerprint density at radius 2 is 1.68 bits per heavy atom. The van der Waals surface area contributed by atoms with E-state index < -0.39 is 29.3 Å². The molecule has 192 valence electrons. The highest BCUT2D eigenvalue weighted by Gasteiger charge is 2.36. The molecule has 2 N–H and O–H groups in total. The third-order valence-electron chi connectivity index (χ3n) is 6.52. The lowest BCUT2D eigenvalue weighted by Crippen LogP contribution is -2.50. The molecule has 1 aliphatic rings. The Labute approximate surface area is 220 Å². The van der Waals surface area contributed by atoms with E-state index in [-0.39, 0.29) is 42.6 Å². The summed E-state index contributed by atoms with van der Waals surface area (Å²) in [7, 11) is 0. The van der Waals surface area contributed by atoms with Gasteiger partial charge in [-0.1, -0.05) is 65.0 Å². The van der Waals surface area contributed by atoms with Crippen molar-refractivity contribution in [1.29, 1.82) is 0 Å². The van der Waals surface area contributed by atoms with Crippen LogP contribution in [-0.4, -0.2) is 35.0 Å². The van der Waals surface area contributed by atoms with Crippen LogP contribution in [0.1, 0.15) is 39.9 Å². The maximum atomic E-state index is 13.3. The van der Waals surface area contributed by atoms with E-state index in [1.54, 1.807) is 12.1 Å². The van der Waals surface area contributed by atoms with Gasteiger partial charge in [0.1, 0.15) is 0 Å². The Hall–Kier alpha value is -3.43. The summed E-state index contributed by atoms with van der Waals surface area (Å²) in [5.41, 5.74) is -0.254. The fourth-order valence-corrected chi connectivity index (χ4v) is 4.74. The van der Waals surface area contributed by atoms with Crippen molar-refractivity contribution in [2.45, 2.75) is 24.6 Å². The third-order valence-corrected chi connectivity index (χ3v) is 7.05. The number of nitrogens with zero attached hydrogens (tertiary/aromatic N) is 1. The SMILES string of the molecule is C=Cc1cccc(C(=O)NC(=O)N2CCC(O)(c3ccc(Br)cc3)CC2)c1-c1cccc(C(F)(F)F)c1. The van der Waals surface area contributed by atoms with Gasteiger partial charge in [-0.05, 0) is 59.9 Å². The first-order valence-electron chi connectivity index (χ1n) is 11.5. The highest BCUT2D eigenvalue weighted by atomic mass is 79.9. The molecule has 1 aliphatic heterocycles. The van der Waals surface area contributed by atoms with E-state index in [1.165, 1.54) is 29.2 Å². The minimum atomic E-state index is -4.55. The molecule has 3 aromatic carbocycles. The van der Waals surface area contributed by atoms with Crippen molar-refractivity contribution < 1.29 is 27.9 Å². The van der Waals surface area contributed by atoms with Gasteiger partial charge in [0.2, 0.25) is 0 Å². The highest BCUT2D eigenvalue weighted by Crippen LogP contribution is 2.36. The van der Waals surface area contributed by atoms with Crippen LogP contribution < -0.4 is 5.32 Å². The summed E-state index contributed by atoms with van der Waals surface area (Å²) >= 11 is 3.37. The van der Waals surface area contributed by atoms with Crippen LogP contribution >= 0.6 is 15.9 Å². The maximum absolute atomic E-state index is 13.3. The zero-order valence-electron chi connectivity index (χ0n) is 19.7. The molecule has 0 aromatic heterocycles. The van der Waals surface area contributed by atoms with Crippen LogP contribution in [-0.2, 0) is 11.8 Å². The lowest BCUT2D eigenvalue weighted by molar-refractivity contribution is -0.137. The Kier molecular flexibility index (Phi) is 7.57. The van der Waals surface area contributed by atoms with Crippen LogP contribution in [0.4, 0.5) is 18.0 Å². The fraction of sp³-hybridized carbons (Fsp3) is 0.214. The molecule has 3 aromatic rings. The summed E-state index contributed by atoms with van der Waals surface area (Å²) in [4.78, 5) is 27.5. The summed E-state index contributed by atoms with van der Waals surface area (Å²) in [6.07, 6.45) is -2.53. The number of carbonyl (C=O) groups is 2. The van der Waals surface area contributed by atoms with Gasteiger partial charge in [-0.3, -0.25) is 10.1 Å². The number of imide groups is 1. The summed E-state index contributed by atoms with van der Waals surface area (Å²) in [6.45, 7) is 4.15. The number of benzene rings is 3. The topological polar surface area (TPSA) is 69.6 Å². The molecule has 1 heterocycles. The molecule has 0 atom stereocenters. The number of urea groups is 1. The number of aliphatic hydroxyl groups is 1. The Balaban J connectivity index is 1.53. The number of carbonyl (C=O) groups excluding carboxylic acids is 2. The van der Waals surface area contributed by atoms with Crippen LogP contribution in [0.25, 0.3) is 17.2 Å². The van der Waals surface area contributed by atoms with Gasteiger partial charge in [0.15, 0.2) is 0 Å². The van der Waals surface area contributed by atoms with Gasteiger partial charge in [0.25, 0.3) is 5.91 Å². The normalized spacial score (nSPS) is 15.2. The zero-order chi connectivity index (χ0) is 26.8. The van der Waals surface area contributed by atoms with Gasteiger partial charge in [0, 0.05) is 28.7 Å². The lowest BCUT2D eigenvalue weighted by Gasteiger charge is -2.38. The van der Waals surface area contributed by atoms with Crippen LogP contribution in [0.5, 0.6) is 0 Å². The number of hydrogen-bond donors (Lipinski definition) is 2. The van der Waals surface area contributed by atoms with E-state index in [4.69, 9.17) is 0 Å². The molecule has 0 bridgehead atoms. The first-order chi connectivity index (χ1) is 17.5. The standard InChI is InChI=1S/C28H24BrF3N2O3/c1-2-18-5-4-8-23(24(18)19-6-3-7-21(17-19)28(30,31)32)25(35)33-26(36)34-15-13-27(37,14-16-34)20-9-11-22(29)12-10-20/h2-12,17,37H,1,13-16H2,(H,33,35,36). The number of halogens is 4. The van der Waals surface area contributed by atoms with Crippen LogP contribution in [0.3, 0.4) is 0 Å². The molecule has 0 unspecified atom stereocenters. The van der Waals surface area contributed by atoms with Crippen LogP contribution in [0.15, 0.2) is 77.8 Å². The van der Waals surface area contributed by atoms with Crippen molar-refractivity contribution in [3.8, 4) is 11.1 Å². The second kappa shape index (κ2) is 10.5. The third kappa shape index (κ3) is 5.78. The number of alkyl halides is 3. The number of nitrogens with one attached hydrogen (secondary N) is 1. The molecular weight excluding hydrogens is 549 g/mol.